The molecule has 0 amide bonds. The van der Waals surface area contributed by atoms with Crippen LogP contribution in [-0.4, -0.2) is 26.8 Å². The van der Waals surface area contributed by atoms with E-state index in [4.69, 9.17) is 18.9 Å². The molecule has 0 aromatic heterocycles. The van der Waals surface area contributed by atoms with Crippen LogP contribution in [0.4, 0.5) is 0 Å². The molecule has 3 rings (SSSR count). The Hall–Kier alpha value is -2.95. The number of carbonyl (C=O) groups is 1. The van der Waals surface area contributed by atoms with Gasteiger partial charge in [0.1, 0.15) is 11.5 Å². The summed E-state index contributed by atoms with van der Waals surface area (Å²) in [7, 11) is 3.08. The van der Waals surface area contributed by atoms with Crippen LogP contribution in [0.3, 0.4) is 0 Å². The van der Waals surface area contributed by atoms with E-state index in [-0.39, 0.29) is 12.6 Å². The summed E-state index contributed by atoms with van der Waals surface area (Å²) in [6, 6.07) is 10.6. The van der Waals surface area contributed by atoms with Gasteiger partial charge in [0.2, 0.25) is 6.79 Å². The summed E-state index contributed by atoms with van der Waals surface area (Å²) in [5.74, 6) is 2.33. The van der Waals surface area contributed by atoms with Crippen LogP contribution in [0.2, 0.25) is 0 Å². The molecule has 0 spiro atoms. The van der Waals surface area contributed by atoms with Crippen LogP contribution < -0.4 is 18.9 Å². The zero-order valence-electron chi connectivity index (χ0n) is 12.9. The molecule has 0 saturated carbocycles. The first-order valence-corrected chi connectivity index (χ1v) is 7.05. The normalized spacial score (nSPS) is 12.4. The van der Waals surface area contributed by atoms with E-state index in [9.17, 15) is 4.79 Å². The monoisotopic (exact) mass is 312 g/mol. The lowest BCUT2D eigenvalue weighted by Gasteiger charge is -2.07. The second kappa shape index (κ2) is 6.44. The number of fused-ring (bicyclic) bond motifs is 1. The second-order valence-corrected chi connectivity index (χ2v) is 4.88. The predicted molar refractivity (Wildman–Crippen MR) is 85.5 cm³/mol. The van der Waals surface area contributed by atoms with Crippen molar-refractivity contribution in [2.24, 2.45) is 0 Å². The first-order valence-electron chi connectivity index (χ1n) is 7.05. The highest BCUT2D eigenvalue weighted by Gasteiger charge is 2.13. The van der Waals surface area contributed by atoms with Gasteiger partial charge in [0.05, 0.1) is 19.8 Å². The molecule has 23 heavy (non-hydrogen) atoms. The smallest absolute Gasteiger partial charge is 0.231 e. The summed E-state index contributed by atoms with van der Waals surface area (Å²) < 4.78 is 21.0. The summed E-state index contributed by atoms with van der Waals surface area (Å²) in [6.07, 6.45) is 3.22. The maximum atomic E-state index is 12.4. The van der Waals surface area contributed by atoms with Gasteiger partial charge < -0.3 is 18.9 Å². The topological polar surface area (TPSA) is 54.0 Å². The number of ether oxygens (including phenoxy) is 4. The molecular weight excluding hydrogens is 296 g/mol. The molecule has 2 aromatic rings. The van der Waals surface area contributed by atoms with Crippen molar-refractivity contribution in [3.8, 4) is 23.0 Å². The Labute approximate surface area is 134 Å². The fourth-order valence-corrected chi connectivity index (χ4v) is 2.29. The summed E-state index contributed by atoms with van der Waals surface area (Å²) in [5, 5.41) is 0. The molecule has 1 aliphatic rings. The Bertz CT molecular complexity index is 764. The Morgan fingerprint density at radius 3 is 2.65 bits per heavy atom. The molecule has 0 unspecified atom stereocenters. The molecule has 118 valence electrons. The first kappa shape index (κ1) is 15.0. The van der Waals surface area contributed by atoms with Crippen molar-refractivity contribution in [2.45, 2.75) is 0 Å². The van der Waals surface area contributed by atoms with Crippen LogP contribution in [0, 0.1) is 0 Å². The van der Waals surface area contributed by atoms with Crippen molar-refractivity contribution in [2.75, 3.05) is 21.0 Å². The van der Waals surface area contributed by atoms with E-state index in [1.807, 2.05) is 18.2 Å². The van der Waals surface area contributed by atoms with Crippen molar-refractivity contribution in [3.63, 3.8) is 0 Å². The fourth-order valence-electron chi connectivity index (χ4n) is 2.29. The number of allylic oxidation sites excluding steroid dienone is 1. The SMILES string of the molecule is COc1ccc(OC)c(C(=O)C=Cc2ccc3c(c2)OCO3)c1. The number of carbonyl (C=O) groups excluding carboxylic acids is 1. The molecule has 0 radical (unpaired) electrons. The minimum atomic E-state index is -0.168. The molecule has 2 aromatic carbocycles. The van der Waals surface area contributed by atoms with Crippen molar-refractivity contribution < 1.29 is 23.7 Å². The number of hydrogen-bond acceptors (Lipinski definition) is 5. The van der Waals surface area contributed by atoms with Crippen LogP contribution in [-0.2, 0) is 0 Å². The van der Waals surface area contributed by atoms with Crippen LogP contribution in [0.5, 0.6) is 23.0 Å². The fraction of sp³-hybridized carbons (Fsp3) is 0.167. The largest absolute Gasteiger partial charge is 0.497 e. The van der Waals surface area contributed by atoms with E-state index >= 15 is 0 Å². The molecule has 1 heterocycles. The van der Waals surface area contributed by atoms with Crippen molar-refractivity contribution in [1.82, 2.24) is 0 Å². The lowest BCUT2D eigenvalue weighted by molar-refractivity contribution is 0.104. The minimum Gasteiger partial charge on any atom is -0.497 e. The van der Waals surface area contributed by atoms with Gasteiger partial charge in [-0.25, -0.2) is 0 Å². The van der Waals surface area contributed by atoms with Gasteiger partial charge in [0.25, 0.3) is 0 Å². The number of methoxy groups -OCH3 is 2. The molecule has 1 aliphatic heterocycles. The van der Waals surface area contributed by atoms with Crippen LogP contribution >= 0.6 is 0 Å². The van der Waals surface area contributed by atoms with E-state index in [0.29, 0.717) is 28.6 Å². The Morgan fingerprint density at radius 1 is 1.04 bits per heavy atom. The van der Waals surface area contributed by atoms with Gasteiger partial charge in [-0.05, 0) is 42.0 Å². The average molecular weight is 312 g/mol. The standard InChI is InChI=1S/C18H16O5/c1-20-13-5-8-16(21-2)14(10-13)15(19)6-3-12-4-7-17-18(9-12)23-11-22-17/h3-10H,11H2,1-2H3. The van der Waals surface area contributed by atoms with Gasteiger partial charge in [-0.15, -0.1) is 0 Å². The third kappa shape index (κ3) is 3.13. The van der Waals surface area contributed by atoms with Crippen LogP contribution in [0.15, 0.2) is 42.5 Å². The van der Waals surface area contributed by atoms with Gasteiger partial charge in [0.15, 0.2) is 17.3 Å². The van der Waals surface area contributed by atoms with E-state index < -0.39 is 0 Å². The highest BCUT2D eigenvalue weighted by atomic mass is 16.7. The van der Waals surface area contributed by atoms with Gasteiger partial charge >= 0.3 is 0 Å². The van der Waals surface area contributed by atoms with E-state index in [2.05, 4.69) is 0 Å². The molecule has 0 saturated heterocycles. The van der Waals surface area contributed by atoms with Crippen molar-refractivity contribution in [3.05, 3.63) is 53.6 Å². The maximum absolute atomic E-state index is 12.4. The molecule has 5 nitrogen and oxygen atoms in total. The predicted octanol–water partition coefficient (Wildman–Crippen LogP) is 3.33. The summed E-state index contributed by atoms with van der Waals surface area (Å²) in [5.41, 5.74) is 1.30. The Kier molecular flexibility index (Phi) is 4.19. The molecule has 0 bridgehead atoms. The number of benzene rings is 2. The quantitative estimate of drug-likeness (QED) is 0.626. The zero-order valence-corrected chi connectivity index (χ0v) is 12.9. The summed E-state index contributed by atoms with van der Waals surface area (Å²) in [6.45, 7) is 0.225. The third-order valence-corrected chi connectivity index (χ3v) is 3.50. The number of hydrogen-bond donors (Lipinski definition) is 0. The third-order valence-electron chi connectivity index (χ3n) is 3.50. The van der Waals surface area contributed by atoms with E-state index in [1.165, 1.54) is 13.2 Å². The maximum Gasteiger partial charge on any atom is 0.231 e. The summed E-state index contributed by atoms with van der Waals surface area (Å²) in [4.78, 5) is 12.4. The molecule has 0 aliphatic carbocycles. The van der Waals surface area contributed by atoms with Gasteiger partial charge in [0, 0.05) is 0 Å². The zero-order chi connectivity index (χ0) is 16.2. The van der Waals surface area contributed by atoms with Crippen molar-refractivity contribution >= 4 is 11.9 Å². The van der Waals surface area contributed by atoms with Crippen LogP contribution in [0.1, 0.15) is 15.9 Å². The molecular formula is C18H16O5. The lowest BCUT2D eigenvalue weighted by Crippen LogP contribution is -1.99. The second-order valence-electron chi connectivity index (χ2n) is 4.88. The van der Waals surface area contributed by atoms with Gasteiger partial charge in [-0.1, -0.05) is 12.1 Å². The van der Waals surface area contributed by atoms with E-state index in [1.54, 1.807) is 31.4 Å². The highest BCUT2D eigenvalue weighted by Crippen LogP contribution is 2.33. The van der Waals surface area contributed by atoms with E-state index in [0.717, 1.165) is 5.56 Å². The molecule has 5 heteroatoms. The highest BCUT2D eigenvalue weighted by molar-refractivity contribution is 6.08. The number of ketones is 1. The number of rotatable bonds is 5. The lowest BCUT2D eigenvalue weighted by atomic mass is 10.1. The average Bonchev–Trinajstić information content (AvgIpc) is 3.06. The minimum absolute atomic E-state index is 0.168. The van der Waals surface area contributed by atoms with Gasteiger partial charge in [-0.3, -0.25) is 4.79 Å². The Morgan fingerprint density at radius 2 is 1.87 bits per heavy atom. The molecule has 0 atom stereocenters. The first-order chi connectivity index (χ1) is 11.2. The summed E-state index contributed by atoms with van der Waals surface area (Å²) >= 11 is 0. The van der Waals surface area contributed by atoms with Gasteiger partial charge in [-0.2, -0.15) is 0 Å². The molecule has 0 fully saturated rings. The van der Waals surface area contributed by atoms with Crippen molar-refractivity contribution in [1.29, 1.82) is 0 Å². The van der Waals surface area contributed by atoms with Crippen LogP contribution in [0.25, 0.3) is 6.08 Å². The molecule has 0 N–H and O–H groups in total. The Balaban J connectivity index is 1.83.